The average Bonchev–Trinajstić information content (AvgIpc) is 2.83. The molecule has 0 aliphatic carbocycles. The van der Waals surface area contributed by atoms with Crippen LogP contribution in [0.3, 0.4) is 0 Å². The Morgan fingerprint density at radius 3 is 2.40 bits per heavy atom. The second-order valence-electron chi connectivity index (χ2n) is 9.37. The molecule has 184 valence electrons. The van der Waals surface area contributed by atoms with Gasteiger partial charge in [0.25, 0.3) is 0 Å². The van der Waals surface area contributed by atoms with Crippen LogP contribution in [-0.4, -0.2) is 32.4 Å². The lowest BCUT2D eigenvalue weighted by atomic mass is 9.87. The Bertz CT molecular complexity index is 1280. The zero-order valence-electron chi connectivity index (χ0n) is 20.0. The lowest BCUT2D eigenvalue weighted by Crippen LogP contribution is -2.36. The van der Waals surface area contributed by atoms with E-state index in [2.05, 4.69) is 11.0 Å². The number of halogens is 3. The van der Waals surface area contributed by atoms with Gasteiger partial charge in [-0.1, -0.05) is 36.4 Å². The summed E-state index contributed by atoms with van der Waals surface area (Å²) in [7, 11) is 0. The summed E-state index contributed by atoms with van der Waals surface area (Å²) in [6.07, 6.45) is -1.21. The molecule has 0 radical (unpaired) electrons. The summed E-state index contributed by atoms with van der Waals surface area (Å²) in [5, 5.41) is 2.08. The lowest BCUT2D eigenvalue weighted by molar-refractivity contribution is -0.139. The standard InChI is InChI=1S/C28H28F3NO3/c1-18(2)34-19-8-9-23(24(16-19)28(29,30)31)27(3)11-10-22-20-6-4-5-7-21(20)25(17-26(22)35-27)32-12-14-33-15-13-32/h4-11,16-18H,12-15H2,1-3H3. The molecule has 1 saturated heterocycles. The van der Waals surface area contributed by atoms with Crippen molar-refractivity contribution < 1.29 is 27.4 Å². The van der Waals surface area contributed by atoms with Crippen LogP contribution < -0.4 is 14.4 Å². The van der Waals surface area contributed by atoms with Crippen LogP contribution >= 0.6 is 0 Å². The van der Waals surface area contributed by atoms with E-state index < -0.39 is 17.3 Å². The minimum atomic E-state index is -4.56. The van der Waals surface area contributed by atoms with Crippen molar-refractivity contribution in [3.63, 3.8) is 0 Å². The minimum absolute atomic E-state index is 0.0455. The molecule has 0 aromatic heterocycles. The summed E-state index contributed by atoms with van der Waals surface area (Å²) in [4.78, 5) is 2.24. The topological polar surface area (TPSA) is 30.9 Å². The fourth-order valence-electron chi connectivity index (χ4n) is 4.86. The van der Waals surface area contributed by atoms with Gasteiger partial charge in [-0.2, -0.15) is 13.2 Å². The summed E-state index contributed by atoms with van der Waals surface area (Å²) in [6.45, 7) is 7.97. The molecule has 2 aliphatic heterocycles. The SMILES string of the molecule is CC(C)Oc1ccc(C2(C)C=Cc3c(cc(N4CCOCC4)c4ccccc34)O2)c(C(F)(F)F)c1. The number of alkyl halides is 3. The van der Waals surface area contributed by atoms with Gasteiger partial charge in [0.1, 0.15) is 11.5 Å². The van der Waals surface area contributed by atoms with Crippen LogP contribution in [0.15, 0.2) is 54.6 Å². The van der Waals surface area contributed by atoms with E-state index in [1.165, 1.54) is 6.07 Å². The molecule has 1 atom stereocenters. The van der Waals surface area contributed by atoms with Crippen LogP contribution in [0.4, 0.5) is 18.9 Å². The smallest absolute Gasteiger partial charge is 0.416 e. The van der Waals surface area contributed by atoms with Crippen LogP contribution in [0.5, 0.6) is 11.5 Å². The molecule has 5 rings (SSSR count). The number of morpholine rings is 1. The van der Waals surface area contributed by atoms with Crippen LogP contribution in [0.25, 0.3) is 16.8 Å². The van der Waals surface area contributed by atoms with E-state index in [0.717, 1.165) is 41.2 Å². The Balaban J connectivity index is 1.62. The van der Waals surface area contributed by atoms with E-state index in [-0.39, 0.29) is 17.4 Å². The number of nitrogens with zero attached hydrogens (tertiary/aromatic N) is 1. The average molecular weight is 484 g/mol. The number of rotatable bonds is 4. The van der Waals surface area contributed by atoms with E-state index in [1.807, 2.05) is 30.3 Å². The molecule has 0 amide bonds. The van der Waals surface area contributed by atoms with Crippen LogP contribution in [0.1, 0.15) is 37.5 Å². The molecule has 2 heterocycles. The number of hydrogen-bond acceptors (Lipinski definition) is 4. The van der Waals surface area contributed by atoms with Gasteiger partial charge in [-0.3, -0.25) is 0 Å². The number of ether oxygens (including phenoxy) is 3. The van der Waals surface area contributed by atoms with Gasteiger partial charge in [0, 0.05) is 41.4 Å². The van der Waals surface area contributed by atoms with Crippen molar-refractivity contribution in [1.29, 1.82) is 0 Å². The molecule has 1 fully saturated rings. The van der Waals surface area contributed by atoms with Crippen molar-refractivity contribution in [3.05, 3.63) is 71.3 Å². The third-order valence-electron chi connectivity index (χ3n) is 6.47. The third kappa shape index (κ3) is 4.45. The van der Waals surface area contributed by atoms with Gasteiger partial charge in [0.2, 0.25) is 0 Å². The zero-order valence-corrected chi connectivity index (χ0v) is 20.0. The molecule has 4 nitrogen and oxygen atoms in total. The van der Waals surface area contributed by atoms with Gasteiger partial charge in [-0.05, 0) is 44.4 Å². The Hall–Kier alpha value is -3.19. The predicted octanol–water partition coefficient (Wildman–Crippen LogP) is 6.80. The number of fused-ring (bicyclic) bond motifs is 3. The monoisotopic (exact) mass is 483 g/mol. The normalized spacial score (nSPS) is 20.1. The predicted molar refractivity (Wildman–Crippen MR) is 131 cm³/mol. The van der Waals surface area contributed by atoms with Crippen molar-refractivity contribution in [1.82, 2.24) is 0 Å². The highest BCUT2D eigenvalue weighted by atomic mass is 19.4. The van der Waals surface area contributed by atoms with Gasteiger partial charge in [-0.25, -0.2) is 0 Å². The molecular formula is C28H28F3NO3. The van der Waals surface area contributed by atoms with E-state index in [1.54, 1.807) is 32.9 Å². The molecule has 0 N–H and O–H groups in total. The van der Waals surface area contributed by atoms with Gasteiger partial charge in [-0.15, -0.1) is 0 Å². The fourth-order valence-corrected chi connectivity index (χ4v) is 4.86. The first-order valence-electron chi connectivity index (χ1n) is 11.8. The van der Waals surface area contributed by atoms with Gasteiger partial charge in [0.05, 0.1) is 24.9 Å². The third-order valence-corrected chi connectivity index (χ3v) is 6.47. The molecular weight excluding hydrogens is 455 g/mol. The first-order chi connectivity index (χ1) is 16.7. The van der Waals surface area contributed by atoms with Crippen molar-refractivity contribution in [3.8, 4) is 11.5 Å². The Labute approximate surface area is 202 Å². The maximum atomic E-state index is 14.1. The summed E-state index contributed by atoms with van der Waals surface area (Å²) in [5.41, 5.74) is -0.163. The highest BCUT2D eigenvalue weighted by Gasteiger charge is 2.41. The molecule has 3 aromatic carbocycles. The van der Waals surface area contributed by atoms with E-state index in [0.29, 0.717) is 19.0 Å². The molecule has 35 heavy (non-hydrogen) atoms. The number of benzene rings is 3. The van der Waals surface area contributed by atoms with Gasteiger partial charge in [0.15, 0.2) is 5.60 Å². The second-order valence-corrected chi connectivity index (χ2v) is 9.37. The summed E-state index contributed by atoms with van der Waals surface area (Å²) in [6, 6.07) is 14.1. The van der Waals surface area contributed by atoms with E-state index in [9.17, 15) is 13.2 Å². The van der Waals surface area contributed by atoms with Crippen LogP contribution in [0.2, 0.25) is 0 Å². The number of hydrogen-bond donors (Lipinski definition) is 0. The zero-order chi connectivity index (χ0) is 24.8. The summed E-state index contributed by atoms with van der Waals surface area (Å²) in [5.74, 6) is 0.742. The highest BCUT2D eigenvalue weighted by molar-refractivity contribution is 6.02. The maximum absolute atomic E-state index is 14.1. The number of anilines is 1. The maximum Gasteiger partial charge on any atom is 0.416 e. The lowest BCUT2D eigenvalue weighted by Gasteiger charge is -2.36. The Morgan fingerprint density at radius 2 is 1.71 bits per heavy atom. The molecule has 7 heteroatoms. The van der Waals surface area contributed by atoms with Gasteiger partial charge < -0.3 is 19.1 Å². The molecule has 0 saturated carbocycles. The second kappa shape index (κ2) is 8.79. The van der Waals surface area contributed by atoms with E-state index in [4.69, 9.17) is 14.2 Å². The minimum Gasteiger partial charge on any atom is -0.491 e. The quantitative estimate of drug-likeness (QED) is 0.408. The van der Waals surface area contributed by atoms with Gasteiger partial charge >= 0.3 is 6.18 Å². The molecule has 3 aromatic rings. The first kappa shape index (κ1) is 23.5. The van der Waals surface area contributed by atoms with Crippen molar-refractivity contribution in [2.24, 2.45) is 0 Å². The van der Waals surface area contributed by atoms with Crippen molar-refractivity contribution in [2.45, 2.75) is 38.7 Å². The van der Waals surface area contributed by atoms with Crippen molar-refractivity contribution >= 4 is 22.5 Å². The molecule has 1 unspecified atom stereocenters. The summed E-state index contributed by atoms with van der Waals surface area (Å²) >= 11 is 0. The van der Waals surface area contributed by atoms with Crippen molar-refractivity contribution in [2.75, 3.05) is 31.2 Å². The Kier molecular flexibility index (Phi) is 5.91. The molecule has 0 spiro atoms. The van der Waals surface area contributed by atoms with Crippen LogP contribution in [0, 0.1) is 0 Å². The largest absolute Gasteiger partial charge is 0.491 e. The molecule has 0 bridgehead atoms. The molecule has 2 aliphatic rings. The first-order valence-corrected chi connectivity index (χ1v) is 11.8. The van der Waals surface area contributed by atoms with Crippen LogP contribution in [-0.2, 0) is 16.5 Å². The highest BCUT2D eigenvalue weighted by Crippen LogP contribution is 2.47. The van der Waals surface area contributed by atoms with E-state index >= 15 is 0 Å². The Morgan fingerprint density at radius 1 is 1.00 bits per heavy atom. The fraction of sp³-hybridized carbons (Fsp3) is 0.357. The summed E-state index contributed by atoms with van der Waals surface area (Å²) < 4.78 is 59.9.